The maximum absolute atomic E-state index is 12.6. The topological polar surface area (TPSA) is 46.3 Å². The van der Waals surface area contributed by atoms with Crippen LogP contribution in [0.4, 0.5) is 0 Å². The van der Waals surface area contributed by atoms with Gasteiger partial charge in [-0.05, 0) is 35.2 Å². The third-order valence-electron chi connectivity index (χ3n) is 3.68. The van der Waals surface area contributed by atoms with Gasteiger partial charge in [-0.3, -0.25) is 4.79 Å². The van der Waals surface area contributed by atoms with E-state index in [9.17, 15) is 4.79 Å². The lowest BCUT2D eigenvalue weighted by Gasteiger charge is -2.31. The summed E-state index contributed by atoms with van der Waals surface area (Å²) in [6.07, 6.45) is 3.68. The van der Waals surface area contributed by atoms with Crippen LogP contribution in [0.3, 0.4) is 0 Å². The van der Waals surface area contributed by atoms with Crippen molar-refractivity contribution in [1.82, 2.24) is 4.90 Å². The third kappa shape index (κ3) is 2.42. The first-order chi connectivity index (χ1) is 8.56. The van der Waals surface area contributed by atoms with Crippen LogP contribution in [-0.2, 0) is 11.3 Å². The van der Waals surface area contributed by atoms with E-state index in [2.05, 4.69) is 5.38 Å². The normalized spacial score (nSPS) is 17.6. The lowest BCUT2D eigenvalue weighted by molar-refractivity contribution is -0.137. The minimum atomic E-state index is -0.583. The summed E-state index contributed by atoms with van der Waals surface area (Å²) in [6, 6.07) is 2.04. The van der Waals surface area contributed by atoms with E-state index in [1.165, 1.54) is 0 Å². The summed E-state index contributed by atoms with van der Waals surface area (Å²) in [7, 11) is 1.83. The summed E-state index contributed by atoms with van der Waals surface area (Å²) in [4.78, 5) is 14.7. The number of nitrogens with two attached hydrogens (primary N) is 1. The summed E-state index contributed by atoms with van der Waals surface area (Å²) in [5.74, 6) is 0.0821. The van der Waals surface area contributed by atoms with Crippen molar-refractivity contribution in [2.24, 2.45) is 11.1 Å². The Morgan fingerprint density at radius 1 is 1.56 bits per heavy atom. The molecule has 1 aromatic heterocycles. The number of thiocarbonyl (C=S) groups is 1. The Kier molecular flexibility index (Phi) is 4.02. The minimum absolute atomic E-state index is 0.0821. The van der Waals surface area contributed by atoms with Crippen LogP contribution in [-0.4, -0.2) is 22.8 Å². The maximum atomic E-state index is 12.6. The van der Waals surface area contributed by atoms with Gasteiger partial charge in [0.1, 0.15) is 0 Å². The van der Waals surface area contributed by atoms with Gasteiger partial charge in [0.05, 0.1) is 10.4 Å². The van der Waals surface area contributed by atoms with Gasteiger partial charge in [0.2, 0.25) is 5.91 Å². The number of thiophene rings is 1. The van der Waals surface area contributed by atoms with E-state index in [0.29, 0.717) is 11.5 Å². The average Bonchev–Trinajstić information content (AvgIpc) is 2.98. The van der Waals surface area contributed by atoms with Gasteiger partial charge in [-0.1, -0.05) is 25.1 Å². The van der Waals surface area contributed by atoms with Crippen molar-refractivity contribution in [2.75, 3.05) is 7.05 Å². The van der Waals surface area contributed by atoms with Crippen LogP contribution < -0.4 is 5.73 Å². The third-order valence-corrected chi connectivity index (χ3v) is 4.81. The molecule has 1 saturated carbocycles. The molecular weight excluding hydrogens is 264 g/mol. The molecule has 1 amide bonds. The van der Waals surface area contributed by atoms with E-state index in [0.717, 1.165) is 31.2 Å². The molecule has 1 heterocycles. The first-order valence-corrected chi connectivity index (χ1v) is 7.48. The number of rotatable bonds is 4. The molecule has 0 spiro atoms. The van der Waals surface area contributed by atoms with Gasteiger partial charge in [0, 0.05) is 13.6 Å². The van der Waals surface area contributed by atoms with E-state index in [1.54, 1.807) is 16.2 Å². The van der Waals surface area contributed by atoms with Crippen LogP contribution in [0, 0.1) is 5.41 Å². The van der Waals surface area contributed by atoms with E-state index >= 15 is 0 Å². The van der Waals surface area contributed by atoms with Gasteiger partial charge >= 0.3 is 0 Å². The Balaban J connectivity index is 2.11. The van der Waals surface area contributed by atoms with Gasteiger partial charge in [-0.25, -0.2) is 0 Å². The van der Waals surface area contributed by atoms with Crippen molar-refractivity contribution < 1.29 is 4.79 Å². The smallest absolute Gasteiger partial charge is 0.235 e. The summed E-state index contributed by atoms with van der Waals surface area (Å²) >= 11 is 6.79. The molecule has 0 aromatic carbocycles. The fourth-order valence-electron chi connectivity index (χ4n) is 2.64. The predicted octanol–water partition coefficient (Wildman–Crippen LogP) is 2.55. The molecule has 0 radical (unpaired) electrons. The van der Waals surface area contributed by atoms with E-state index < -0.39 is 5.41 Å². The van der Waals surface area contributed by atoms with Crippen LogP contribution in [0.5, 0.6) is 0 Å². The van der Waals surface area contributed by atoms with Gasteiger partial charge in [-0.2, -0.15) is 11.3 Å². The highest BCUT2D eigenvalue weighted by Crippen LogP contribution is 2.40. The number of hydrogen-bond acceptors (Lipinski definition) is 3. The Morgan fingerprint density at radius 2 is 2.22 bits per heavy atom. The molecule has 1 aliphatic rings. The standard InChI is InChI=1S/C13H18N2OS2/c1-15(8-10-4-7-18-9-10)12(16)13(11(14)17)5-2-3-6-13/h4,7,9H,2-3,5-6,8H2,1H3,(H2,14,17). The van der Waals surface area contributed by atoms with Crippen LogP contribution in [0.25, 0.3) is 0 Å². The van der Waals surface area contributed by atoms with Gasteiger partial charge in [0.15, 0.2) is 0 Å². The van der Waals surface area contributed by atoms with Crippen LogP contribution >= 0.6 is 23.6 Å². The minimum Gasteiger partial charge on any atom is -0.392 e. The zero-order valence-electron chi connectivity index (χ0n) is 10.5. The summed E-state index contributed by atoms with van der Waals surface area (Å²) in [6.45, 7) is 0.632. The van der Waals surface area contributed by atoms with Crippen LogP contribution in [0.15, 0.2) is 16.8 Å². The highest BCUT2D eigenvalue weighted by Gasteiger charge is 2.45. The number of amides is 1. The number of hydrogen-bond donors (Lipinski definition) is 1. The number of carbonyl (C=O) groups excluding carboxylic acids is 1. The Bertz CT molecular complexity index is 436. The first-order valence-electron chi connectivity index (χ1n) is 6.13. The monoisotopic (exact) mass is 282 g/mol. The largest absolute Gasteiger partial charge is 0.392 e. The lowest BCUT2D eigenvalue weighted by atomic mass is 9.84. The zero-order chi connectivity index (χ0) is 13.2. The summed E-state index contributed by atoms with van der Waals surface area (Å²) in [5, 5.41) is 4.08. The summed E-state index contributed by atoms with van der Waals surface area (Å²) < 4.78 is 0. The molecule has 0 aliphatic heterocycles. The van der Waals surface area contributed by atoms with Crippen LogP contribution in [0.1, 0.15) is 31.2 Å². The Morgan fingerprint density at radius 3 is 2.72 bits per heavy atom. The van der Waals surface area contributed by atoms with E-state index in [-0.39, 0.29) is 5.91 Å². The zero-order valence-corrected chi connectivity index (χ0v) is 12.1. The van der Waals surface area contributed by atoms with Crippen molar-refractivity contribution in [2.45, 2.75) is 32.2 Å². The Hall–Kier alpha value is -0.940. The molecular formula is C13H18N2OS2. The second-order valence-corrected chi connectivity index (χ2v) is 6.17. The molecule has 0 bridgehead atoms. The van der Waals surface area contributed by atoms with Crippen molar-refractivity contribution in [3.63, 3.8) is 0 Å². The number of carbonyl (C=O) groups is 1. The van der Waals surface area contributed by atoms with E-state index in [4.69, 9.17) is 18.0 Å². The molecule has 5 heteroatoms. The van der Waals surface area contributed by atoms with E-state index in [1.807, 2.05) is 18.5 Å². The fourth-order valence-corrected chi connectivity index (χ4v) is 3.59. The molecule has 18 heavy (non-hydrogen) atoms. The fraction of sp³-hybridized carbons (Fsp3) is 0.538. The molecule has 1 aliphatic carbocycles. The molecule has 0 unspecified atom stereocenters. The second-order valence-electron chi connectivity index (χ2n) is 4.95. The molecule has 2 N–H and O–H groups in total. The molecule has 2 rings (SSSR count). The van der Waals surface area contributed by atoms with Gasteiger partial charge in [0.25, 0.3) is 0 Å². The predicted molar refractivity (Wildman–Crippen MR) is 78.5 cm³/mol. The molecule has 0 atom stereocenters. The molecule has 98 valence electrons. The second kappa shape index (κ2) is 5.36. The summed E-state index contributed by atoms with van der Waals surface area (Å²) in [5.41, 5.74) is 6.41. The number of nitrogens with zero attached hydrogens (tertiary/aromatic N) is 1. The molecule has 3 nitrogen and oxygen atoms in total. The van der Waals surface area contributed by atoms with Crippen molar-refractivity contribution in [3.8, 4) is 0 Å². The molecule has 0 saturated heterocycles. The van der Waals surface area contributed by atoms with Crippen molar-refractivity contribution in [3.05, 3.63) is 22.4 Å². The van der Waals surface area contributed by atoms with Crippen molar-refractivity contribution in [1.29, 1.82) is 0 Å². The van der Waals surface area contributed by atoms with Gasteiger partial charge < -0.3 is 10.6 Å². The van der Waals surface area contributed by atoms with Gasteiger partial charge in [-0.15, -0.1) is 0 Å². The first kappa shape index (κ1) is 13.5. The average molecular weight is 282 g/mol. The lowest BCUT2D eigenvalue weighted by Crippen LogP contribution is -2.47. The van der Waals surface area contributed by atoms with Crippen LogP contribution in [0.2, 0.25) is 0 Å². The highest BCUT2D eigenvalue weighted by atomic mass is 32.1. The SMILES string of the molecule is CN(Cc1ccsc1)C(=O)C1(C(N)=S)CCCC1. The van der Waals surface area contributed by atoms with Crippen molar-refractivity contribution >= 4 is 34.5 Å². The maximum Gasteiger partial charge on any atom is 0.235 e. The Labute approximate surface area is 117 Å². The quantitative estimate of drug-likeness (QED) is 0.863. The molecule has 1 aromatic rings. The molecule has 1 fully saturated rings. The highest BCUT2D eigenvalue weighted by molar-refractivity contribution is 7.80.